The number of likely N-dealkylation sites (N-methyl/N-ethyl adjacent to an activating group) is 1. The number of ether oxygens (including phenoxy) is 1. The van der Waals surface area contributed by atoms with Crippen molar-refractivity contribution in [2.45, 2.75) is 6.92 Å². The van der Waals surface area contributed by atoms with Gasteiger partial charge in [-0.15, -0.1) is 11.6 Å². The van der Waals surface area contributed by atoms with Crippen molar-refractivity contribution in [2.24, 2.45) is 0 Å². The van der Waals surface area contributed by atoms with Crippen molar-refractivity contribution in [1.29, 1.82) is 0 Å². The van der Waals surface area contributed by atoms with E-state index in [2.05, 4.69) is 11.8 Å². The predicted molar refractivity (Wildman–Crippen MR) is 64.8 cm³/mol. The topological polar surface area (TPSA) is 12.5 Å². The minimum atomic E-state index is 0.680. The van der Waals surface area contributed by atoms with Crippen LogP contribution >= 0.6 is 11.6 Å². The molecule has 84 valence electrons. The average Bonchev–Trinajstić information content (AvgIpc) is 2.29. The van der Waals surface area contributed by atoms with E-state index >= 15 is 0 Å². The zero-order valence-corrected chi connectivity index (χ0v) is 9.91. The van der Waals surface area contributed by atoms with E-state index in [-0.39, 0.29) is 0 Å². The lowest BCUT2D eigenvalue weighted by atomic mass is 10.3. The van der Waals surface area contributed by atoms with E-state index in [1.54, 1.807) is 0 Å². The van der Waals surface area contributed by atoms with Gasteiger partial charge in [0.2, 0.25) is 0 Å². The molecule has 0 amide bonds. The molecule has 0 saturated carbocycles. The van der Waals surface area contributed by atoms with Crippen LogP contribution in [0.25, 0.3) is 0 Å². The molecule has 0 atom stereocenters. The summed E-state index contributed by atoms with van der Waals surface area (Å²) in [7, 11) is 0. The monoisotopic (exact) mass is 227 g/mol. The Kier molecular flexibility index (Phi) is 6.21. The normalized spacial score (nSPS) is 10.6. The highest BCUT2D eigenvalue weighted by Crippen LogP contribution is 2.07. The third kappa shape index (κ3) is 5.05. The molecule has 0 radical (unpaired) electrons. The summed E-state index contributed by atoms with van der Waals surface area (Å²) in [5.41, 5.74) is 0. The van der Waals surface area contributed by atoms with Gasteiger partial charge in [0.05, 0.1) is 0 Å². The van der Waals surface area contributed by atoms with Crippen LogP contribution in [0.3, 0.4) is 0 Å². The maximum Gasteiger partial charge on any atom is 0.119 e. The van der Waals surface area contributed by atoms with Gasteiger partial charge in [0.1, 0.15) is 12.4 Å². The van der Waals surface area contributed by atoms with E-state index in [1.807, 2.05) is 30.3 Å². The lowest BCUT2D eigenvalue weighted by molar-refractivity contribution is 0.223. The fourth-order valence-corrected chi connectivity index (χ4v) is 1.60. The fraction of sp³-hybridized carbons (Fsp3) is 0.500. The fourth-order valence-electron chi connectivity index (χ4n) is 1.36. The first kappa shape index (κ1) is 12.3. The van der Waals surface area contributed by atoms with E-state index in [0.717, 1.165) is 32.0 Å². The first-order chi connectivity index (χ1) is 7.36. The number of alkyl halides is 1. The molecule has 0 aliphatic rings. The Labute approximate surface area is 96.8 Å². The number of benzene rings is 1. The van der Waals surface area contributed by atoms with Gasteiger partial charge in [-0.3, -0.25) is 4.90 Å². The second kappa shape index (κ2) is 7.55. The third-order valence-electron chi connectivity index (χ3n) is 2.27. The quantitative estimate of drug-likeness (QED) is 0.664. The summed E-state index contributed by atoms with van der Waals surface area (Å²) in [5.74, 6) is 1.61. The number of nitrogens with zero attached hydrogens (tertiary/aromatic N) is 1. The molecule has 0 unspecified atom stereocenters. The molecular weight excluding hydrogens is 210 g/mol. The maximum absolute atomic E-state index is 5.69. The lowest BCUT2D eigenvalue weighted by Gasteiger charge is -2.18. The van der Waals surface area contributed by atoms with Crippen molar-refractivity contribution in [3.8, 4) is 5.75 Å². The summed E-state index contributed by atoms with van der Waals surface area (Å²) in [5, 5.41) is 0. The molecule has 0 aliphatic heterocycles. The predicted octanol–water partition coefficient (Wildman–Crippen LogP) is 2.63. The number of halogens is 1. The van der Waals surface area contributed by atoms with Crippen molar-refractivity contribution < 1.29 is 4.74 Å². The first-order valence-corrected chi connectivity index (χ1v) is 5.86. The molecule has 1 rings (SSSR count). The molecule has 0 spiro atoms. The second-order valence-corrected chi connectivity index (χ2v) is 3.66. The molecule has 3 heteroatoms. The van der Waals surface area contributed by atoms with Crippen LogP contribution in [0, 0.1) is 0 Å². The van der Waals surface area contributed by atoms with Gasteiger partial charge in [-0.2, -0.15) is 0 Å². The summed E-state index contributed by atoms with van der Waals surface area (Å²) in [6.07, 6.45) is 0. The maximum atomic E-state index is 5.69. The third-order valence-corrected chi connectivity index (χ3v) is 2.44. The summed E-state index contributed by atoms with van der Waals surface area (Å²) in [6, 6.07) is 9.88. The molecule has 0 fully saturated rings. The Balaban J connectivity index is 2.20. The molecule has 15 heavy (non-hydrogen) atoms. The van der Waals surface area contributed by atoms with Crippen LogP contribution in [-0.4, -0.2) is 37.0 Å². The number of hydrogen-bond acceptors (Lipinski definition) is 2. The van der Waals surface area contributed by atoms with Crippen molar-refractivity contribution in [2.75, 3.05) is 32.1 Å². The highest BCUT2D eigenvalue weighted by molar-refractivity contribution is 6.18. The Morgan fingerprint density at radius 1 is 1.20 bits per heavy atom. The van der Waals surface area contributed by atoms with Gasteiger partial charge in [0.25, 0.3) is 0 Å². The molecular formula is C12H18ClNO. The highest BCUT2D eigenvalue weighted by atomic mass is 35.5. The highest BCUT2D eigenvalue weighted by Gasteiger charge is 2.00. The van der Waals surface area contributed by atoms with Crippen molar-refractivity contribution >= 4 is 11.6 Å². The second-order valence-electron chi connectivity index (χ2n) is 3.28. The van der Waals surface area contributed by atoms with E-state index in [1.165, 1.54) is 0 Å². The van der Waals surface area contributed by atoms with Crippen LogP contribution in [0.4, 0.5) is 0 Å². The largest absolute Gasteiger partial charge is 0.492 e. The SMILES string of the molecule is CCN(CCCl)CCOc1ccccc1. The molecule has 0 heterocycles. The molecule has 0 saturated heterocycles. The summed E-state index contributed by atoms with van der Waals surface area (Å²) in [6.45, 7) is 5.73. The van der Waals surface area contributed by atoms with Gasteiger partial charge in [0, 0.05) is 19.0 Å². The smallest absolute Gasteiger partial charge is 0.119 e. The zero-order valence-electron chi connectivity index (χ0n) is 9.16. The van der Waals surface area contributed by atoms with E-state index < -0.39 is 0 Å². The van der Waals surface area contributed by atoms with E-state index in [0.29, 0.717) is 5.88 Å². The summed E-state index contributed by atoms with van der Waals surface area (Å²) < 4.78 is 5.60. The molecule has 0 bridgehead atoms. The van der Waals surface area contributed by atoms with Gasteiger partial charge in [0.15, 0.2) is 0 Å². The van der Waals surface area contributed by atoms with Gasteiger partial charge in [-0.25, -0.2) is 0 Å². The number of rotatable bonds is 7. The van der Waals surface area contributed by atoms with Crippen LogP contribution in [0.1, 0.15) is 6.92 Å². The van der Waals surface area contributed by atoms with Crippen LogP contribution in [-0.2, 0) is 0 Å². The molecule has 0 aliphatic carbocycles. The lowest BCUT2D eigenvalue weighted by Crippen LogP contribution is -2.30. The van der Waals surface area contributed by atoms with Crippen molar-refractivity contribution in [3.63, 3.8) is 0 Å². The molecule has 0 aromatic heterocycles. The summed E-state index contributed by atoms with van der Waals surface area (Å²) in [4.78, 5) is 2.27. The number of hydrogen-bond donors (Lipinski definition) is 0. The Bertz CT molecular complexity index is 253. The average molecular weight is 228 g/mol. The van der Waals surface area contributed by atoms with Crippen molar-refractivity contribution in [1.82, 2.24) is 4.90 Å². The minimum absolute atomic E-state index is 0.680. The standard InChI is InChI=1S/C12H18ClNO/c1-2-14(9-8-13)10-11-15-12-6-4-3-5-7-12/h3-7H,2,8-11H2,1H3. The van der Waals surface area contributed by atoms with E-state index in [4.69, 9.17) is 16.3 Å². The van der Waals surface area contributed by atoms with Gasteiger partial charge in [-0.05, 0) is 18.7 Å². The Morgan fingerprint density at radius 3 is 2.53 bits per heavy atom. The first-order valence-electron chi connectivity index (χ1n) is 5.33. The minimum Gasteiger partial charge on any atom is -0.492 e. The van der Waals surface area contributed by atoms with Crippen LogP contribution in [0.2, 0.25) is 0 Å². The zero-order chi connectivity index (χ0) is 10.9. The van der Waals surface area contributed by atoms with Crippen molar-refractivity contribution in [3.05, 3.63) is 30.3 Å². The molecule has 2 nitrogen and oxygen atoms in total. The van der Waals surface area contributed by atoms with Crippen LogP contribution in [0.5, 0.6) is 5.75 Å². The molecule has 1 aromatic rings. The Morgan fingerprint density at radius 2 is 1.93 bits per heavy atom. The van der Waals surface area contributed by atoms with Gasteiger partial charge in [-0.1, -0.05) is 25.1 Å². The van der Waals surface area contributed by atoms with Crippen LogP contribution < -0.4 is 4.74 Å². The van der Waals surface area contributed by atoms with Crippen LogP contribution in [0.15, 0.2) is 30.3 Å². The Hall–Kier alpha value is -0.730. The molecule has 0 N–H and O–H groups in total. The summed E-state index contributed by atoms with van der Waals surface area (Å²) >= 11 is 5.69. The van der Waals surface area contributed by atoms with Gasteiger partial charge < -0.3 is 4.74 Å². The molecule has 1 aromatic carbocycles. The van der Waals surface area contributed by atoms with Gasteiger partial charge >= 0.3 is 0 Å². The van der Waals surface area contributed by atoms with E-state index in [9.17, 15) is 0 Å². The number of para-hydroxylation sites is 1.